The fraction of sp³-hybridized carbons (Fsp3) is 1.00. The minimum Gasteiger partial charge on any atom is -0.0651 e. The molecule has 0 nitrogen and oxygen atoms in total. The normalized spacial score (nSPS) is 33.5. The highest BCUT2D eigenvalue weighted by Gasteiger charge is 2.46. The summed E-state index contributed by atoms with van der Waals surface area (Å²) in [6.45, 7) is 12.0. The van der Waals surface area contributed by atoms with Crippen LogP contribution in [-0.2, 0) is 0 Å². The molecule has 66 valence electrons. The van der Waals surface area contributed by atoms with Crippen LogP contribution >= 0.6 is 0 Å². The van der Waals surface area contributed by atoms with Crippen molar-refractivity contribution in [2.45, 2.75) is 47.5 Å². The van der Waals surface area contributed by atoms with Gasteiger partial charge in [-0.2, -0.15) is 0 Å². The molecule has 0 aliphatic heterocycles. The van der Waals surface area contributed by atoms with E-state index in [1.807, 2.05) is 0 Å². The number of hydrogen-bond acceptors (Lipinski definition) is 0. The zero-order valence-electron chi connectivity index (χ0n) is 8.65. The summed E-state index contributed by atoms with van der Waals surface area (Å²) in [7, 11) is 0. The van der Waals surface area contributed by atoms with Crippen molar-refractivity contribution in [2.24, 2.45) is 23.2 Å². The molecule has 0 aromatic carbocycles. The van der Waals surface area contributed by atoms with E-state index < -0.39 is 0 Å². The van der Waals surface area contributed by atoms with Crippen LogP contribution in [0.2, 0.25) is 0 Å². The van der Waals surface area contributed by atoms with Crippen LogP contribution in [0.4, 0.5) is 0 Å². The van der Waals surface area contributed by atoms with E-state index >= 15 is 0 Å². The maximum absolute atomic E-state index is 2.44. The second-order valence-corrected chi connectivity index (χ2v) is 4.95. The Labute approximate surface area is 71.4 Å². The van der Waals surface area contributed by atoms with E-state index in [1.54, 1.807) is 0 Å². The summed E-state index contributed by atoms with van der Waals surface area (Å²) in [6.07, 6.45) is 2.80. The second-order valence-electron chi connectivity index (χ2n) is 4.95. The van der Waals surface area contributed by atoms with Crippen LogP contribution in [-0.4, -0.2) is 0 Å². The zero-order valence-corrected chi connectivity index (χ0v) is 8.65. The van der Waals surface area contributed by atoms with Crippen molar-refractivity contribution in [1.29, 1.82) is 0 Å². The number of hydrogen-bond donors (Lipinski definition) is 0. The molecule has 1 saturated carbocycles. The number of rotatable bonds is 3. The Bertz CT molecular complexity index is 129. The molecule has 0 N–H and O–H groups in total. The molecule has 1 rings (SSSR count). The lowest BCUT2D eigenvalue weighted by Crippen LogP contribution is -2.24. The van der Waals surface area contributed by atoms with Crippen LogP contribution < -0.4 is 0 Å². The van der Waals surface area contributed by atoms with Crippen molar-refractivity contribution < 1.29 is 0 Å². The van der Waals surface area contributed by atoms with Gasteiger partial charge in [0.15, 0.2) is 0 Å². The molecule has 0 amide bonds. The second kappa shape index (κ2) is 2.80. The largest absolute Gasteiger partial charge is 0.0651 e. The van der Waals surface area contributed by atoms with Crippen LogP contribution in [0.15, 0.2) is 0 Å². The van der Waals surface area contributed by atoms with E-state index in [-0.39, 0.29) is 0 Å². The molecule has 1 aliphatic rings. The van der Waals surface area contributed by atoms with Crippen molar-refractivity contribution in [3.63, 3.8) is 0 Å². The maximum Gasteiger partial charge on any atom is -0.0298 e. The van der Waals surface area contributed by atoms with Crippen LogP contribution in [0.5, 0.6) is 0 Å². The van der Waals surface area contributed by atoms with Gasteiger partial charge in [0.05, 0.1) is 0 Å². The lowest BCUT2D eigenvalue weighted by atomic mass is 9.74. The van der Waals surface area contributed by atoms with E-state index in [1.165, 1.54) is 12.8 Å². The smallest absolute Gasteiger partial charge is 0.0298 e. The van der Waals surface area contributed by atoms with Crippen molar-refractivity contribution in [2.75, 3.05) is 0 Å². The first-order chi connectivity index (χ1) is 5.00. The molecule has 1 aliphatic carbocycles. The minimum atomic E-state index is 0.591. The third-order valence-corrected chi connectivity index (χ3v) is 3.95. The van der Waals surface area contributed by atoms with Crippen molar-refractivity contribution in [3.05, 3.63) is 0 Å². The van der Waals surface area contributed by atoms with Crippen LogP contribution in [0.25, 0.3) is 0 Å². The first-order valence-electron chi connectivity index (χ1n) is 5.00. The molecule has 1 fully saturated rings. The minimum absolute atomic E-state index is 0.591. The molecular formula is C11H22. The molecule has 3 atom stereocenters. The van der Waals surface area contributed by atoms with Gasteiger partial charge in [0.2, 0.25) is 0 Å². The van der Waals surface area contributed by atoms with Gasteiger partial charge in [-0.1, -0.05) is 41.0 Å². The fourth-order valence-corrected chi connectivity index (χ4v) is 2.25. The molecule has 0 radical (unpaired) electrons. The average molecular weight is 154 g/mol. The monoisotopic (exact) mass is 154 g/mol. The Balaban J connectivity index is 2.52. The highest BCUT2D eigenvalue weighted by Crippen LogP contribution is 2.54. The summed E-state index contributed by atoms with van der Waals surface area (Å²) < 4.78 is 0. The zero-order chi connectivity index (χ0) is 8.65. The molecule has 0 heteroatoms. The summed E-state index contributed by atoms with van der Waals surface area (Å²) in [4.78, 5) is 0. The Morgan fingerprint density at radius 3 is 2.18 bits per heavy atom. The van der Waals surface area contributed by atoms with Crippen molar-refractivity contribution >= 4 is 0 Å². The molecule has 0 heterocycles. The van der Waals surface area contributed by atoms with Gasteiger partial charge in [-0.3, -0.25) is 0 Å². The summed E-state index contributed by atoms with van der Waals surface area (Å²) in [6, 6.07) is 0. The van der Waals surface area contributed by atoms with Gasteiger partial charge in [0.25, 0.3) is 0 Å². The van der Waals surface area contributed by atoms with E-state index in [4.69, 9.17) is 0 Å². The fourth-order valence-electron chi connectivity index (χ4n) is 2.25. The molecular weight excluding hydrogens is 132 g/mol. The summed E-state index contributed by atoms with van der Waals surface area (Å²) in [5, 5.41) is 0. The molecule has 0 saturated heterocycles. The molecule has 0 spiro atoms. The Kier molecular flexibility index (Phi) is 2.32. The van der Waals surface area contributed by atoms with E-state index in [2.05, 4.69) is 34.6 Å². The quantitative estimate of drug-likeness (QED) is 0.581. The molecule has 0 bridgehead atoms. The van der Waals surface area contributed by atoms with Crippen molar-refractivity contribution in [1.82, 2.24) is 0 Å². The predicted octanol–water partition coefficient (Wildman–Crippen LogP) is 3.71. The highest BCUT2D eigenvalue weighted by atomic mass is 14.5. The van der Waals surface area contributed by atoms with Crippen LogP contribution in [0.1, 0.15) is 47.5 Å². The van der Waals surface area contributed by atoms with E-state index in [0.29, 0.717) is 5.41 Å². The Hall–Kier alpha value is 0. The van der Waals surface area contributed by atoms with Crippen LogP contribution in [0.3, 0.4) is 0 Å². The average Bonchev–Trinajstić information content (AvgIpc) is 2.65. The van der Waals surface area contributed by atoms with E-state index in [0.717, 1.165) is 17.8 Å². The molecule has 0 aromatic rings. The summed E-state index contributed by atoms with van der Waals surface area (Å²) >= 11 is 0. The third kappa shape index (κ3) is 1.60. The lowest BCUT2D eigenvalue weighted by molar-refractivity contribution is 0.178. The van der Waals surface area contributed by atoms with Gasteiger partial charge in [-0.25, -0.2) is 0 Å². The van der Waals surface area contributed by atoms with E-state index in [9.17, 15) is 0 Å². The Morgan fingerprint density at radius 1 is 1.45 bits per heavy atom. The molecule has 11 heavy (non-hydrogen) atoms. The molecule has 0 aromatic heterocycles. The third-order valence-electron chi connectivity index (χ3n) is 3.95. The topological polar surface area (TPSA) is 0 Å². The predicted molar refractivity (Wildman–Crippen MR) is 50.5 cm³/mol. The van der Waals surface area contributed by atoms with Crippen molar-refractivity contribution in [3.8, 4) is 0 Å². The van der Waals surface area contributed by atoms with Gasteiger partial charge < -0.3 is 0 Å². The maximum atomic E-state index is 2.44. The Morgan fingerprint density at radius 2 is 1.91 bits per heavy atom. The summed E-state index contributed by atoms with van der Waals surface area (Å²) in [5.41, 5.74) is 0.591. The van der Waals surface area contributed by atoms with Gasteiger partial charge in [-0.15, -0.1) is 0 Å². The SMILES string of the molecule is CCC(C)C(C)(C)C1CC1C. The van der Waals surface area contributed by atoms with Crippen LogP contribution in [0, 0.1) is 23.2 Å². The molecule has 3 unspecified atom stereocenters. The van der Waals surface area contributed by atoms with Gasteiger partial charge in [-0.05, 0) is 29.6 Å². The van der Waals surface area contributed by atoms with Gasteiger partial charge in [0.1, 0.15) is 0 Å². The van der Waals surface area contributed by atoms with Gasteiger partial charge in [0, 0.05) is 0 Å². The lowest BCUT2D eigenvalue weighted by Gasteiger charge is -2.31. The first-order valence-corrected chi connectivity index (χ1v) is 5.00. The van der Waals surface area contributed by atoms with Gasteiger partial charge >= 0.3 is 0 Å². The highest BCUT2D eigenvalue weighted by molar-refractivity contribution is 4.95. The summed E-state index contributed by atoms with van der Waals surface area (Å²) in [5.74, 6) is 2.90. The standard InChI is InChI=1S/C11H22/c1-6-9(3)11(4,5)10-7-8(10)2/h8-10H,6-7H2,1-5H3. The first kappa shape index (κ1) is 9.09.